The molecule has 25 heavy (non-hydrogen) atoms. The third kappa shape index (κ3) is 4.48. The minimum absolute atomic E-state index is 0.0792. The van der Waals surface area contributed by atoms with Gasteiger partial charge in [-0.15, -0.1) is 0 Å². The Labute approximate surface area is 150 Å². The van der Waals surface area contributed by atoms with Crippen molar-refractivity contribution in [3.05, 3.63) is 52.8 Å². The van der Waals surface area contributed by atoms with Crippen molar-refractivity contribution in [3.8, 4) is 0 Å². The molecule has 0 unspecified atom stereocenters. The lowest BCUT2D eigenvalue weighted by Crippen LogP contribution is -2.38. The van der Waals surface area contributed by atoms with E-state index in [4.69, 9.17) is 0 Å². The van der Waals surface area contributed by atoms with Crippen LogP contribution in [0, 0.1) is 13.8 Å². The van der Waals surface area contributed by atoms with Crippen LogP contribution in [0.5, 0.6) is 0 Å². The number of amides is 1. The highest BCUT2D eigenvalue weighted by atomic mass is 16.1. The van der Waals surface area contributed by atoms with Gasteiger partial charge in [0, 0.05) is 38.3 Å². The molecule has 0 radical (unpaired) electrons. The van der Waals surface area contributed by atoms with Crippen LogP contribution in [0.15, 0.2) is 30.3 Å². The van der Waals surface area contributed by atoms with E-state index in [1.54, 1.807) is 0 Å². The third-order valence-electron chi connectivity index (χ3n) is 4.90. The number of hydrogen-bond donors (Lipinski definition) is 1. The molecule has 134 valence electrons. The summed E-state index contributed by atoms with van der Waals surface area (Å²) >= 11 is 0. The molecule has 5 nitrogen and oxygen atoms in total. The van der Waals surface area contributed by atoms with Crippen LogP contribution < -0.4 is 5.32 Å². The first-order valence-corrected chi connectivity index (χ1v) is 9.11. The molecule has 5 heteroatoms. The molecule has 0 fully saturated rings. The number of aromatic nitrogens is 2. The van der Waals surface area contributed by atoms with Crippen molar-refractivity contribution in [2.45, 2.75) is 46.2 Å². The molecule has 1 amide bonds. The number of benzene rings is 1. The fraction of sp³-hybridized carbons (Fsp3) is 0.500. The van der Waals surface area contributed by atoms with Gasteiger partial charge in [0.05, 0.1) is 11.7 Å². The number of aryl methyl sites for hydroxylation is 2. The largest absolute Gasteiger partial charge is 0.355 e. The van der Waals surface area contributed by atoms with Crippen LogP contribution in [0.1, 0.15) is 41.9 Å². The Morgan fingerprint density at radius 2 is 2.04 bits per heavy atom. The summed E-state index contributed by atoms with van der Waals surface area (Å²) in [5, 5.41) is 7.53. The maximum Gasteiger partial charge on any atom is 0.222 e. The Morgan fingerprint density at radius 3 is 2.76 bits per heavy atom. The molecule has 1 atom stereocenters. The average Bonchev–Trinajstić information content (AvgIpc) is 2.93. The molecule has 0 aliphatic carbocycles. The van der Waals surface area contributed by atoms with E-state index in [1.807, 2.05) is 31.5 Å². The standard InChI is InChI=1S/C20H28N4O/c1-15-12-16(2)24(22-15)17(3)13-20(25)21-9-11-23-10-8-18-6-4-5-7-19(18)14-23/h4-7,12,17H,8-11,13-14H2,1-3H3,(H,21,25)/t17-/m1/s1. The smallest absolute Gasteiger partial charge is 0.222 e. The summed E-state index contributed by atoms with van der Waals surface area (Å²) in [5.74, 6) is 0.0949. The molecule has 1 N–H and O–H groups in total. The molecule has 1 aliphatic heterocycles. The second-order valence-electron chi connectivity index (χ2n) is 7.07. The van der Waals surface area contributed by atoms with E-state index >= 15 is 0 Å². The van der Waals surface area contributed by atoms with Crippen LogP contribution in [-0.4, -0.2) is 40.2 Å². The summed E-state index contributed by atoms with van der Waals surface area (Å²) < 4.78 is 1.94. The second-order valence-corrected chi connectivity index (χ2v) is 7.07. The van der Waals surface area contributed by atoms with Crippen molar-refractivity contribution in [2.24, 2.45) is 0 Å². The number of nitrogens with zero attached hydrogens (tertiary/aromatic N) is 3. The zero-order valence-electron chi connectivity index (χ0n) is 15.5. The molecule has 2 aromatic rings. The van der Waals surface area contributed by atoms with Crippen molar-refractivity contribution >= 4 is 5.91 Å². The van der Waals surface area contributed by atoms with Gasteiger partial charge in [-0.05, 0) is 44.4 Å². The number of carbonyl (C=O) groups is 1. The molecular formula is C20H28N4O. The highest BCUT2D eigenvalue weighted by molar-refractivity contribution is 5.76. The first-order chi connectivity index (χ1) is 12.0. The number of carbonyl (C=O) groups excluding carboxylic acids is 1. The van der Waals surface area contributed by atoms with E-state index in [0.29, 0.717) is 13.0 Å². The van der Waals surface area contributed by atoms with Gasteiger partial charge < -0.3 is 5.32 Å². The molecule has 0 saturated carbocycles. The van der Waals surface area contributed by atoms with Crippen LogP contribution in [0.25, 0.3) is 0 Å². The van der Waals surface area contributed by atoms with E-state index in [9.17, 15) is 4.79 Å². The van der Waals surface area contributed by atoms with E-state index in [2.05, 4.69) is 39.6 Å². The van der Waals surface area contributed by atoms with Gasteiger partial charge in [0.1, 0.15) is 0 Å². The Kier molecular flexibility index (Phi) is 5.53. The van der Waals surface area contributed by atoms with Gasteiger partial charge in [-0.2, -0.15) is 5.10 Å². The summed E-state index contributed by atoms with van der Waals surface area (Å²) in [6.07, 6.45) is 1.56. The SMILES string of the molecule is Cc1cc(C)n([C@H](C)CC(=O)NCCN2CCc3ccccc3C2)n1. The molecule has 1 aromatic heterocycles. The van der Waals surface area contributed by atoms with Crippen LogP contribution in [0.4, 0.5) is 0 Å². The van der Waals surface area contributed by atoms with E-state index in [1.165, 1.54) is 11.1 Å². The summed E-state index contributed by atoms with van der Waals surface area (Å²) in [7, 11) is 0. The minimum atomic E-state index is 0.0792. The van der Waals surface area contributed by atoms with Crippen LogP contribution >= 0.6 is 0 Å². The first-order valence-electron chi connectivity index (χ1n) is 9.11. The molecule has 1 aliphatic rings. The van der Waals surface area contributed by atoms with Crippen molar-refractivity contribution in [3.63, 3.8) is 0 Å². The Bertz CT molecular complexity index is 737. The van der Waals surface area contributed by atoms with E-state index < -0.39 is 0 Å². The third-order valence-corrected chi connectivity index (χ3v) is 4.90. The summed E-state index contributed by atoms with van der Waals surface area (Å²) in [5.41, 5.74) is 4.97. The maximum atomic E-state index is 12.2. The van der Waals surface area contributed by atoms with Crippen LogP contribution in [-0.2, 0) is 17.8 Å². The molecule has 0 saturated heterocycles. The summed E-state index contributed by atoms with van der Waals surface area (Å²) in [6.45, 7) is 9.69. The van der Waals surface area contributed by atoms with E-state index in [-0.39, 0.29) is 11.9 Å². The lowest BCUT2D eigenvalue weighted by molar-refractivity contribution is -0.121. The molecule has 2 heterocycles. The molecule has 1 aromatic carbocycles. The first kappa shape index (κ1) is 17.7. The van der Waals surface area contributed by atoms with Gasteiger partial charge in [-0.1, -0.05) is 24.3 Å². The number of fused-ring (bicyclic) bond motifs is 1. The van der Waals surface area contributed by atoms with Crippen molar-refractivity contribution in [2.75, 3.05) is 19.6 Å². The van der Waals surface area contributed by atoms with Gasteiger partial charge in [0.2, 0.25) is 5.91 Å². The minimum Gasteiger partial charge on any atom is -0.355 e. The summed E-state index contributed by atoms with van der Waals surface area (Å²) in [4.78, 5) is 14.6. The Morgan fingerprint density at radius 1 is 1.28 bits per heavy atom. The predicted octanol–water partition coefficient (Wildman–Crippen LogP) is 2.63. The zero-order valence-corrected chi connectivity index (χ0v) is 15.5. The maximum absolute atomic E-state index is 12.2. The van der Waals surface area contributed by atoms with Gasteiger partial charge >= 0.3 is 0 Å². The molecular weight excluding hydrogens is 312 g/mol. The molecule has 0 bridgehead atoms. The predicted molar refractivity (Wildman–Crippen MR) is 99.5 cm³/mol. The topological polar surface area (TPSA) is 50.2 Å². The van der Waals surface area contributed by atoms with Gasteiger partial charge in [-0.25, -0.2) is 0 Å². The molecule has 3 rings (SSSR count). The average molecular weight is 340 g/mol. The number of nitrogens with one attached hydrogen (secondary N) is 1. The Balaban J connectivity index is 1.42. The van der Waals surface area contributed by atoms with Crippen LogP contribution in [0.3, 0.4) is 0 Å². The lowest BCUT2D eigenvalue weighted by atomic mass is 10.00. The van der Waals surface area contributed by atoms with Crippen molar-refractivity contribution < 1.29 is 4.79 Å². The highest BCUT2D eigenvalue weighted by Gasteiger charge is 2.16. The monoisotopic (exact) mass is 340 g/mol. The summed E-state index contributed by atoms with van der Waals surface area (Å²) in [6, 6.07) is 10.8. The van der Waals surface area contributed by atoms with Crippen molar-refractivity contribution in [1.29, 1.82) is 0 Å². The van der Waals surface area contributed by atoms with Gasteiger partial charge in [-0.3, -0.25) is 14.4 Å². The normalized spacial score (nSPS) is 15.6. The number of hydrogen-bond acceptors (Lipinski definition) is 3. The second kappa shape index (κ2) is 7.83. The van der Waals surface area contributed by atoms with Gasteiger partial charge in [0.25, 0.3) is 0 Å². The quantitative estimate of drug-likeness (QED) is 0.879. The fourth-order valence-electron chi connectivity index (χ4n) is 3.62. The Hall–Kier alpha value is -2.14. The fourth-order valence-corrected chi connectivity index (χ4v) is 3.62. The van der Waals surface area contributed by atoms with E-state index in [0.717, 1.165) is 37.4 Å². The zero-order chi connectivity index (χ0) is 17.8. The van der Waals surface area contributed by atoms with Gasteiger partial charge in [0.15, 0.2) is 0 Å². The van der Waals surface area contributed by atoms with Crippen LogP contribution in [0.2, 0.25) is 0 Å². The lowest BCUT2D eigenvalue weighted by Gasteiger charge is -2.28. The number of rotatable bonds is 6. The highest BCUT2D eigenvalue weighted by Crippen LogP contribution is 2.18. The molecule has 0 spiro atoms. The van der Waals surface area contributed by atoms with Crippen molar-refractivity contribution in [1.82, 2.24) is 20.0 Å².